The lowest BCUT2D eigenvalue weighted by Crippen LogP contribution is -2.56. The van der Waals surface area contributed by atoms with Crippen molar-refractivity contribution in [3.8, 4) is 0 Å². The maximum atomic E-state index is 11.9. The molecule has 0 radical (unpaired) electrons. The molecule has 3 unspecified atom stereocenters. The number of ether oxygens (including phenoxy) is 1. The Morgan fingerprint density at radius 2 is 2.18 bits per heavy atom. The van der Waals surface area contributed by atoms with Crippen LogP contribution in [-0.2, 0) is 14.3 Å². The van der Waals surface area contributed by atoms with Gasteiger partial charge < -0.3 is 20.9 Å². The number of carboxylic acids is 1. The second-order valence-electron chi connectivity index (χ2n) is 4.73. The standard InChI is InChI=1S/C11H20N2O4/c1-3-4-11(2,12)10(16)13-8-6-17-5-7(8)9(14)15/h7-8H,3-6,12H2,1-2H3,(H,13,16)(H,14,15). The molecule has 98 valence electrons. The molecule has 6 heteroatoms. The summed E-state index contributed by atoms with van der Waals surface area (Å²) in [4.78, 5) is 22.8. The predicted octanol–water partition coefficient (Wildman–Crippen LogP) is -0.280. The zero-order valence-corrected chi connectivity index (χ0v) is 10.2. The molecule has 6 nitrogen and oxygen atoms in total. The fraction of sp³-hybridized carbons (Fsp3) is 0.818. The third kappa shape index (κ3) is 3.41. The topological polar surface area (TPSA) is 102 Å². The Kier molecular flexibility index (Phi) is 4.47. The highest BCUT2D eigenvalue weighted by molar-refractivity contribution is 5.86. The summed E-state index contributed by atoms with van der Waals surface area (Å²) in [5.41, 5.74) is 4.91. The lowest BCUT2D eigenvalue weighted by Gasteiger charge is -2.26. The SMILES string of the molecule is CCCC(C)(N)C(=O)NC1COCC1C(=O)O. The van der Waals surface area contributed by atoms with Crippen molar-refractivity contribution in [2.24, 2.45) is 11.7 Å². The Hall–Kier alpha value is -1.14. The number of aliphatic carboxylic acids is 1. The number of carbonyl (C=O) groups is 2. The van der Waals surface area contributed by atoms with Crippen LogP contribution < -0.4 is 11.1 Å². The molecule has 0 spiro atoms. The van der Waals surface area contributed by atoms with Crippen LogP contribution in [-0.4, -0.2) is 41.8 Å². The monoisotopic (exact) mass is 244 g/mol. The van der Waals surface area contributed by atoms with Crippen molar-refractivity contribution in [1.82, 2.24) is 5.32 Å². The van der Waals surface area contributed by atoms with Gasteiger partial charge in [-0.3, -0.25) is 9.59 Å². The van der Waals surface area contributed by atoms with E-state index in [1.165, 1.54) is 0 Å². The summed E-state index contributed by atoms with van der Waals surface area (Å²) in [5, 5.41) is 11.6. The average molecular weight is 244 g/mol. The minimum atomic E-state index is -0.958. The van der Waals surface area contributed by atoms with Gasteiger partial charge in [-0.15, -0.1) is 0 Å². The van der Waals surface area contributed by atoms with E-state index in [-0.39, 0.29) is 19.1 Å². The first-order valence-corrected chi connectivity index (χ1v) is 5.79. The molecule has 1 fully saturated rings. The van der Waals surface area contributed by atoms with Crippen LogP contribution in [0.1, 0.15) is 26.7 Å². The van der Waals surface area contributed by atoms with Crippen LogP contribution in [0.4, 0.5) is 0 Å². The van der Waals surface area contributed by atoms with Crippen molar-refractivity contribution in [3.05, 3.63) is 0 Å². The second-order valence-corrected chi connectivity index (χ2v) is 4.73. The maximum absolute atomic E-state index is 11.9. The lowest BCUT2D eigenvalue weighted by molar-refractivity contribution is -0.142. The number of hydrogen-bond acceptors (Lipinski definition) is 4. The third-order valence-electron chi connectivity index (χ3n) is 3.00. The normalized spacial score (nSPS) is 27.5. The predicted molar refractivity (Wildman–Crippen MR) is 61.4 cm³/mol. The van der Waals surface area contributed by atoms with Gasteiger partial charge in [0.05, 0.1) is 24.8 Å². The molecule has 0 aromatic rings. The minimum absolute atomic E-state index is 0.134. The van der Waals surface area contributed by atoms with Gasteiger partial charge in [-0.2, -0.15) is 0 Å². The summed E-state index contributed by atoms with van der Waals surface area (Å²) in [5.74, 6) is -1.96. The van der Waals surface area contributed by atoms with Crippen LogP contribution in [0.2, 0.25) is 0 Å². The summed E-state index contributed by atoms with van der Waals surface area (Å²) >= 11 is 0. The molecule has 0 aliphatic carbocycles. The van der Waals surface area contributed by atoms with E-state index in [1.54, 1.807) is 6.92 Å². The van der Waals surface area contributed by atoms with E-state index in [4.69, 9.17) is 15.6 Å². The van der Waals surface area contributed by atoms with Gasteiger partial charge in [-0.25, -0.2) is 0 Å². The quantitative estimate of drug-likeness (QED) is 0.617. The number of carbonyl (C=O) groups excluding carboxylic acids is 1. The molecule has 1 aliphatic heterocycles. The van der Waals surface area contributed by atoms with Gasteiger partial charge in [0.15, 0.2) is 0 Å². The van der Waals surface area contributed by atoms with Crippen LogP contribution in [0.15, 0.2) is 0 Å². The molecule has 0 aromatic heterocycles. The van der Waals surface area contributed by atoms with E-state index in [9.17, 15) is 9.59 Å². The van der Waals surface area contributed by atoms with Crippen molar-refractivity contribution < 1.29 is 19.4 Å². The van der Waals surface area contributed by atoms with Gasteiger partial charge in [0.2, 0.25) is 5.91 Å². The Labute approximate surface area is 101 Å². The van der Waals surface area contributed by atoms with Crippen LogP contribution in [0.3, 0.4) is 0 Å². The summed E-state index contributed by atoms with van der Waals surface area (Å²) < 4.78 is 5.07. The van der Waals surface area contributed by atoms with Gasteiger partial charge in [0.25, 0.3) is 0 Å². The molecule has 1 heterocycles. The first-order valence-electron chi connectivity index (χ1n) is 5.79. The highest BCUT2D eigenvalue weighted by Crippen LogP contribution is 2.16. The Bertz CT molecular complexity index is 304. The van der Waals surface area contributed by atoms with Gasteiger partial charge in [0, 0.05) is 0 Å². The van der Waals surface area contributed by atoms with E-state index >= 15 is 0 Å². The largest absolute Gasteiger partial charge is 0.481 e. The number of nitrogens with one attached hydrogen (secondary N) is 1. The van der Waals surface area contributed by atoms with Crippen LogP contribution in [0.5, 0.6) is 0 Å². The van der Waals surface area contributed by atoms with Gasteiger partial charge in [-0.05, 0) is 13.3 Å². The number of carboxylic acid groups (broad SMARTS) is 1. The van der Waals surface area contributed by atoms with E-state index < -0.39 is 23.5 Å². The van der Waals surface area contributed by atoms with Gasteiger partial charge in [0.1, 0.15) is 5.92 Å². The zero-order chi connectivity index (χ0) is 13.1. The number of hydrogen-bond donors (Lipinski definition) is 3. The molecule has 4 N–H and O–H groups in total. The third-order valence-corrected chi connectivity index (χ3v) is 3.00. The fourth-order valence-corrected chi connectivity index (χ4v) is 1.91. The number of nitrogens with two attached hydrogens (primary N) is 1. The maximum Gasteiger partial charge on any atom is 0.311 e. The molecule has 0 saturated carbocycles. The number of rotatable bonds is 5. The van der Waals surface area contributed by atoms with Crippen LogP contribution >= 0.6 is 0 Å². The van der Waals surface area contributed by atoms with Crippen molar-refractivity contribution in [1.29, 1.82) is 0 Å². The molecule has 1 aliphatic rings. The Morgan fingerprint density at radius 1 is 1.53 bits per heavy atom. The van der Waals surface area contributed by atoms with Gasteiger partial charge in [-0.1, -0.05) is 13.3 Å². The average Bonchev–Trinajstić information content (AvgIpc) is 2.65. The van der Waals surface area contributed by atoms with E-state index in [0.717, 1.165) is 6.42 Å². The molecule has 1 amide bonds. The minimum Gasteiger partial charge on any atom is -0.481 e. The Balaban J connectivity index is 2.59. The molecular formula is C11H20N2O4. The van der Waals surface area contributed by atoms with Crippen molar-refractivity contribution in [2.75, 3.05) is 13.2 Å². The highest BCUT2D eigenvalue weighted by Gasteiger charge is 2.38. The second kappa shape index (κ2) is 5.46. The first-order chi connectivity index (χ1) is 7.88. The zero-order valence-electron chi connectivity index (χ0n) is 10.2. The van der Waals surface area contributed by atoms with Crippen LogP contribution in [0.25, 0.3) is 0 Å². The molecule has 0 bridgehead atoms. The molecule has 17 heavy (non-hydrogen) atoms. The smallest absolute Gasteiger partial charge is 0.311 e. The Morgan fingerprint density at radius 3 is 2.71 bits per heavy atom. The molecular weight excluding hydrogens is 224 g/mol. The summed E-state index contributed by atoms with van der Waals surface area (Å²) in [6.07, 6.45) is 1.36. The number of amides is 1. The summed E-state index contributed by atoms with van der Waals surface area (Å²) in [6.45, 7) is 3.95. The van der Waals surface area contributed by atoms with E-state index in [0.29, 0.717) is 6.42 Å². The van der Waals surface area contributed by atoms with Crippen molar-refractivity contribution in [3.63, 3.8) is 0 Å². The van der Waals surface area contributed by atoms with Crippen molar-refractivity contribution >= 4 is 11.9 Å². The first kappa shape index (κ1) is 13.9. The van der Waals surface area contributed by atoms with E-state index in [2.05, 4.69) is 5.32 Å². The highest BCUT2D eigenvalue weighted by atomic mass is 16.5. The molecule has 3 atom stereocenters. The molecule has 0 aromatic carbocycles. The fourth-order valence-electron chi connectivity index (χ4n) is 1.91. The summed E-state index contributed by atoms with van der Waals surface area (Å²) in [6, 6.07) is -0.486. The van der Waals surface area contributed by atoms with Crippen LogP contribution in [0, 0.1) is 5.92 Å². The lowest BCUT2D eigenvalue weighted by atomic mass is 9.95. The molecule has 1 saturated heterocycles. The van der Waals surface area contributed by atoms with Crippen molar-refractivity contribution in [2.45, 2.75) is 38.3 Å². The summed E-state index contributed by atoms with van der Waals surface area (Å²) in [7, 11) is 0. The van der Waals surface area contributed by atoms with E-state index in [1.807, 2.05) is 6.92 Å². The molecule has 1 rings (SSSR count). The van der Waals surface area contributed by atoms with Gasteiger partial charge >= 0.3 is 5.97 Å².